The van der Waals surface area contributed by atoms with E-state index in [1.807, 2.05) is 58.0 Å². The third-order valence-electron chi connectivity index (χ3n) is 7.36. The number of nitrogens with one attached hydrogen (secondary N) is 2. The minimum Gasteiger partial charge on any atom is -0.348 e. The van der Waals surface area contributed by atoms with Crippen molar-refractivity contribution in [3.05, 3.63) is 46.0 Å². The van der Waals surface area contributed by atoms with Crippen LogP contribution in [0.5, 0.6) is 0 Å². The lowest BCUT2D eigenvalue weighted by Crippen LogP contribution is -2.58. The van der Waals surface area contributed by atoms with E-state index in [1.165, 1.54) is 0 Å². The van der Waals surface area contributed by atoms with Gasteiger partial charge in [-0.05, 0) is 69.7 Å². The quantitative estimate of drug-likeness (QED) is 0.359. The molecule has 3 amide bonds. The van der Waals surface area contributed by atoms with Crippen LogP contribution in [0.1, 0.15) is 73.3 Å². The predicted molar refractivity (Wildman–Crippen MR) is 157 cm³/mol. The van der Waals surface area contributed by atoms with Crippen LogP contribution < -0.4 is 10.6 Å². The van der Waals surface area contributed by atoms with Crippen molar-refractivity contribution in [3.63, 3.8) is 0 Å². The minimum absolute atomic E-state index is 0.0704. The second kappa shape index (κ2) is 14.8. The normalized spacial score (nSPS) is 18.4. The Morgan fingerprint density at radius 2 is 1.68 bits per heavy atom. The van der Waals surface area contributed by atoms with Gasteiger partial charge in [-0.3, -0.25) is 19.3 Å². The summed E-state index contributed by atoms with van der Waals surface area (Å²) < 4.78 is 0.989. The number of hydrogen-bond donors (Lipinski definition) is 2. The number of carbonyl (C=O) groups excluding carboxylic acids is 3. The van der Waals surface area contributed by atoms with E-state index in [0.29, 0.717) is 12.1 Å². The molecule has 0 aliphatic carbocycles. The number of benzene rings is 1. The Hall–Kier alpha value is -2.19. The molecule has 212 valence electrons. The van der Waals surface area contributed by atoms with Gasteiger partial charge in [0.15, 0.2) is 0 Å². The van der Waals surface area contributed by atoms with E-state index in [0.717, 1.165) is 35.8 Å². The molecule has 1 aromatic carbocycles. The minimum atomic E-state index is -0.635. The number of hydrogen-bond acceptors (Lipinski definition) is 4. The number of amides is 3. The van der Waals surface area contributed by atoms with Crippen molar-refractivity contribution in [1.82, 2.24) is 20.4 Å². The fourth-order valence-electron chi connectivity index (χ4n) is 4.99. The van der Waals surface area contributed by atoms with Gasteiger partial charge in [-0.15, -0.1) is 0 Å². The molecule has 1 heterocycles. The maximum atomic E-state index is 13.7. The van der Waals surface area contributed by atoms with Crippen LogP contribution in [0.25, 0.3) is 0 Å². The molecular formula is C30H47BrN4O3. The number of likely N-dealkylation sites (tertiary alicyclic amines) is 1. The van der Waals surface area contributed by atoms with Crippen LogP contribution in [0, 0.1) is 11.8 Å². The molecule has 2 rings (SSSR count). The van der Waals surface area contributed by atoms with Gasteiger partial charge >= 0.3 is 0 Å². The SMILES string of the molecule is C/C(=C\C(C(C)C)N(C)C(=O)C(NC(=O)C1CCCCN1C(C)C)C(C)C)C(=O)NCc1ccc(Br)cc1. The molecule has 0 radical (unpaired) electrons. The van der Waals surface area contributed by atoms with Gasteiger partial charge in [0.2, 0.25) is 17.7 Å². The number of halogens is 1. The lowest BCUT2D eigenvalue weighted by Gasteiger charge is -2.39. The number of rotatable bonds is 11. The van der Waals surface area contributed by atoms with Gasteiger partial charge in [-0.1, -0.05) is 68.3 Å². The topological polar surface area (TPSA) is 81.8 Å². The maximum absolute atomic E-state index is 13.7. The molecule has 1 aliphatic rings. The van der Waals surface area contributed by atoms with Gasteiger partial charge < -0.3 is 15.5 Å². The molecule has 7 nitrogen and oxygen atoms in total. The molecule has 0 aromatic heterocycles. The number of likely N-dealkylation sites (N-methyl/N-ethyl adjacent to an activating group) is 1. The van der Waals surface area contributed by atoms with E-state index in [4.69, 9.17) is 0 Å². The second-order valence-corrected chi connectivity index (χ2v) is 12.3. The zero-order chi connectivity index (χ0) is 28.6. The highest BCUT2D eigenvalue weighted by Crippen LogP contribution is 2.21. The number of carbonyl (C=O) groups is 3. The molecule has 8 heteroatoms. The smallest absolute Gasteiger partial charge is 0.246 e. The molecular weight excluding hydrogens is 544 g/mol. The summed E-state index contributed by atoms with van der Waals surface area (Å²) in [5.74, 6) is -0.370. The van der Waals surface area contributed by atoms with E-state index in [9.17, 15) is 14.4 Å². The molecule has 2 N–H and O–H groups in total. The Kier molecular flexibility index (Phi) is 12.5. The molecule has 38 heavy (non-hydrogen) atoms. The zero-order valence-corrected chi connectivity index (χ0v) is 26.0. The summed E-state index contributed by atoms with van der Waals surface area (Å²) in [6.07, 6.45) is 4.78. The van der Waals surface area contributed by atoms with Gasteiger partial charge in [0.05, 0.1) is 12.1 Å². The first kappa shape index (κ1) is 32.0. The summed E-state index contributed by atoms with van der Waals surface area (Å²) in [5.41, 5.74) is 1.56. The van der Waals surface area contributed by atoms with Crippen molar-refractivity contribution in [2.24, 2.45) is 11.8 Å². The van der Waals surface area contributed by atoms with Crippen molar-refractivity contribution < 1.29 is 14.4 Å². The Balaban J connectivity index is 2.13. The van der Waals surface area contributed by atoms with Crippen molar-refractivity contribution in [1.29, 1.82) is 0 Å². The van der Waals surface area contributed by atoms with E-state index >= 15 is 0 Å². The number of piperidine rings is 1. The summed E-state index contributed by atoms with van der Waals surface area (Å²) >= 11 is 3.42. The van der Waals surface area contributed by atoms with Crippen LogP contribution in [0.15, 0.2) is 40.4 Å². The Morgan fingerprint density at radius 1 is 1.05 bits per heavy atom. The molecule has 0 bridgehead atoms. The Bertz CT molecular complexity index is 974. The van der Waals surface area contributed by atoms with E-state index in [1.54, 1.807) is 18.9 Å². The Labute approximate surface area is 237 Å². The van der Waals surface area contributed by atoms with Crippen LogP contribution in [0.2, 0.25) is 0 Å². The monoisotopic (exact) mass is 590 g/mol. The third-order valence-corrected chi connectivity index (χ3v) is 7.89. The first-order chi connectivity index (χ1) is 17.8. The van der Waals surface area contributed by atoms with Crippen LogP contribution >= 0.6 is 15.9 Å². The highest BCUT2D eigenvalue weighted by atomic mass is 79.9. The summed E-state index contributed by atoms with van der Waals surface area (Å²) in [6, 6.07) is 6.94. The second-order valence-electron chi connectivity index (χ2n) is 11.4. The van der Waals surface area contributed by atoms with E-state index in [2.05, 4.69) is 45.3 Å². The molecule has 3 unspecified atom stereocenters. The largest absolute Gasteiger partial charge is 0.348 e. The summed E-state index contributed by atoms with van der Waals surface area (Å²) in [6.45, 7) is 15.3. The average molecular weight is 592 g/mol. The summed E-state index contributed by atoms with van der Waals surface area (Å²) in [5, 5.41) is 6.05. The van der Waals surface area contributed by atoms with Gasteiger partial charge in [0, 0.05) is 29.7 Å². The number of nitrogens with zero attached hydrogens (tertiary/aromatic N) is 2. The first-order valence-corrected chi connectivity index (χ1v) is 14.7. The van der Waals surface area contributed by atoms with Crippen LogP contribution in [-0.4, -0.2) is 65.3 Å². The van der Waals surface area contributed by atoms with Gasteiger partial charge in [-0.2, -0.15) is 0 Å². The fourth-order valence-corrected chi connectivity index (χ4v) is 5.25. The lowest BCUT2D eigenvalue weighted by molar-refractivity contribution is -0.140. The van der Waals surface area contributed by atoms with Gasteiger partial charge in [0.25, 0.3) is 0 Å². The highest BCUT2D eigenvalue weighted by molar-refractivity contribution is 9.10. The summed E-state index contributed by atoms with van der Waals surface area (Å²) in [7, 11) is 1.76. The Morgan fingerprint density at radius 3 is 2.24 bits per heavy atom. The predicted octanol–water partition coefficient (Wildman–Crippen LogP) is 4.90. The molecule has 1 aromatic rings. The summed E-state index contributed by atoms with van der Waals surface area (Å²) in [4.78, 5) is 43.8. The lowest BCUT2D eigenvalue weighted by atomic mass is 9.95. The van der Waals surface area contributed by atoms with E-state index in [-0.39, 0.29) is 47.7 Å². The third kappa shape index (κ3) is 8.94. The molecule has 1 fully saturated rings. The van der Waals surface area contributed by atoms with Crippen LogP contribution in [0.4, 0.5) is 0 Å². The molecule has 0 spiro atoms. The van der Waals surface area contributed by atoms with Crippen LogP contribution in [-0.2, 0) is 20.9 Å². The van der Waals surface area contributed by atoms with Crippen LogP contribution in [0.3, 0.4) is 0 Å². The fraction of sp³-hybridized carbons (Fsp3) is 0.633. The van der Waals surface area contributed by atoms with Crippen molar-refractivity contribution in [3.8, 4) is 0 Å². The zero-order valence-electron chi connectivity index (χ0n) is 24.4. The molecule has 0 saturated carbocycles. The average Bonchev–Trinajstić information content (AvgIpc) is 2.88. The van der Waals surface area contributed by atoms with Crippen molar-refractivity contribution >= 4 is 33.7 Å². The molecule has 3 atom stereocenters. The molecule has 1 aliphatic heterocycles. The highest BCUT2D eigenvalue weighted by Gasteiger charge is 2.36. The van der Waals surface area contributed by atoms with Crippen molar-refractivity contribution in [2.75, 3.05) is 13.6 Å². The van der Waals surface area contributed by atoms with Crippen molar-refractivity contribution in [2.45, 2.75) is 98.4 Å². The van der Waals surface area contributed by atoms with Gasteiger partial charge in [0.1, 0.15) is 6.04 Å². The maximum Gasteiger partial charge on any atom is 0.246 e. The van der Waals surface area contributed by atoms with E-state index < -0.39 is 6.04 Å². The first-order valence-electron chi connectivity index (χ1n) is 13.9. The standard InChI is InChI=1S/C30H47BrN4O3/c1-19(2)26(17-22(7)28(36)32-18-23-12-14-24(31)15-13-23)34(8)30(38)27(20(3)4)33-29(37)25-11-9-10-16-35(25)21(5)6/h12-15,17,19-21,25-27H,9-11,16,18H2,1-8H3,(H,32,36)(H,33,37)/b22-17+. The molecule has 1 saturated heterocycles. The van der Waals surface area contributed by atoms with Gasteiger partial charge in [-0.25, -0.2) is 0 Å².